The largest absolute Gasteiger partial charge is 0.444 e. The maximum absolute atomic E-state index is 13.9. The molecule has 0 saturated carbocycles. The highest BCUT2D eigenvalue weighted by Crippen LogP contribution is 2.35. The fraction of sp³-hybridized carbons (Fsp3) is 0.300. The summed E-state index contributed by atoms with van der Waals surface area (Å²) in [6.07, 6.45) is -1.47. The number of carbonyl (C=O) groups is 3. The van der Waals surface area contributed by atoms with Crippen molar-refractivity contribution in [1.29, 1.82) is 0 Å². The zero-order chi connectivity index (χ0) is 21.3. The van der Waals surface area contributed by atoms with Gasteiger partial charge in [-0.1, -0.05) is 12.1 Å². The van der Waals surface area contributed by atoms with Gasteiger partial charge in [-0.05, 0) is 39.0 Å². The number of rotatable bonds is 4. The molecule has 0 saturated heterocycles. The Labute approximate surface area is 165 Å². The predicted octanol–water partition coefficient (Wildman–Crippen LogP) is 4.03. The third-order valence-electron chi connectivity index (χ3n) is 4.09. The van der Waals surface area contributed by atoms with Crippen molar-refractivity contribution in [3.63, 3.8) is 0 Å². The third kappa shape index (κ3) is 4.23. The summed E-state index contributed by atoms with van der Waals surface area (Å²) >= 11 is 0. The number of pyridine rings is 1. The maximum Gasteiger partial charge on any atom is 0.412 e. The molecule has 152 valence electrons. The first-order chi connectivity index (χ1) is 13.6. The Morgan fingerprint density at radius 3 is 2.21 bits per heavy atom. The summed E-state index contributed by atoms with van der Waals surface area (Å²) in [6, 6.07) is 5.32. The monoisotopic (exact) mass is 403 g/mol. The van der Waals surface area contributed by atoms with Crippen molar-refractivity contribution >= 4 is 23.6 Å². The lowest BCUT2D eigenvalue weighted by molar-refractivity contribution is 0.0221. The number of ether oxygens (including phenoxy) is 1. The first-order valence-corrected chi connectivity index (χ1v) is 8.78. The number of imide groups is 1. The van der Waals surface area contributed by atoms with Gasteiger partial charge in [0.25, 0.3) is 18.2 Å². The van der Waals surface area contributed by atoms with Gasteiger partial charge in [-0.15, -0.1) is 0 Å². The molecule has 1 aliphatic heterocycles. The molecular weight excluding hydrogens is 384 g/mol. The van der Waals surface area contributed by atoms with Crippen molar-refractivity contribution in [2.24, 2.45) is 0 Å². The summed E-state index contributed by atoms with van der Waals surface area (Å²) in [7, 11) is 0. The van der Waals surface area contributed by atoms with Gasteiger partial charge in [-0.25, -0.2) is 13.6 Å². The van der Waals surface area contributed by atoms with E-state index in [1.54, 1.807) is 32.9 Å². The number of aromatic nitrogens is 1. The molecule has 3 amide bonds. The number of fused-ring (bicyclic) bond motifs is 1. The smallest absolute Gasteiger partial charge is 0.412 e. The van der Waals surface area contributed by atoms with Crippen LogP contribution in [0.15, 0.2) is 42.7 Å². The maximum atomic E-state index is 13.9. The number of hydrogen-bond acceptors (Lipinski definition) is 5. The minimum atomic E-state index is -3.06. The van der Waals surface area contributed by atoms with Crippen LogP contribution in [-0.2, 0) is 4.74 Å². The molecule has 7 nitrogen and oxygen atoms in total. The number of hydrogen-bond donors (Lipinski definition) is 1. The molecule has 1 N–H and O–H groups in total. The fourth-order valence-electron chi connectivity index (χ4n) is 2.98. The van der Waals surface area contributed by atoms with Crippen LogP contribution in [-0.4, -0.2) is 39.8 Å². The van der Waals surface area contributed by atoms with Crippen LogP contribution in [0.25, 0.3) is 0 Å². The van der Waals surface area contributed by atoms with Crippen LogP contribution < -0.4 is 5.32 Å². The molecule has 29 heavy (non-hydrogen) atoms. The van der Waals surface area contributed by atoms with Gasteiger partial charge in [0.15, 0.2) is 0 Å². The Morgan fingerprint density at radius 1 is 1.10 bits per heavy atom. The highest BCUT2D eigenvalue weighted by molar-refractivity contribution is 6.21. The molecule has 0 spiro atoms. The molecule has 9 heteroatoms. The Balaban J connectivity index is 1.91. The van der Waals surface area contributed by atoms with Crippen LogP contribution >= 0.6 is 0 Å². The van der Waals surface area contributed by atoms with E-state index in [1.807, 2.05) is 0 Å². The van der Waals surface area contributed by atoms with Crippen molar-refractivity contribution in [3.05, 3.63) is 59.4 Å². The minimum absolute atomic E-state index is 0.0687. The molecule has 1 atom stereocenters. The lowest BCUT2D eigenvalue weighted by atomic mass is 10.1. The number of nitrogens with zero attached hydrogens (tertiary/aromatic N) is 2. The summed E-state index contributed by atoms with van der Waals surface area (Å²) in [5.41, 5.74) is -0.610. The molecule has 1 aromatic heterocycles. The number of halogens is 2. The van der Waals surface area contributed by atoms with Crippen molar-refractivity contribution in [2.75, 3.05) is 5.32 Å². The Kier molecular flexibility index (Phi) is 5.32. The van der Waals surface area contributed by atoms with Crippen LogP contribution in [0.1, 0.15) is 53.1 Å². The number of amides is 3. The molecule has 1 aromatic carbocycles. The standard InChI is InChI=1S/C20H19F2N3O4/c1-20(2,3)29-19(28)24-12-8-11(9-23-10-12)15(16(21)22)25-17(26)13-6-4-5-7-14(13)18(25)27/h4-10,15-16H,1-3H3,(H,24,28). The minimum Gasteiger partial charge on any atom is -0.444 e. The number of alkyl halides is 2. The fourth-order valence-corrected chi connectivity index (χ4v) is 2.98. The summed E-state index contributed by atoms with van der Waals surface area (Å²) in [5, 5.41) is 2.41. The lowest BCUT2D eigenvalue weighted by Crippen LogP contribution is -2.38. The number of anilines is 1. The second kappa shape index (κ2) is 7.57. The predicted molar refractivity (Wildman–Crippen MR) is 99.8 cm³/mol. The highest BCUT2D eigenvalue weighted by Gasteiger charge is 2.44. The van der Waals surface area contributed by atoms with E-state index in [1.165, 1.54) is 24.4 Å². The van der Waals surface area contributed by atoms with E-state index in [0.29, 0.717) is 4.90 Å². The Morgan fingerprint density at radius 2 is 1.69 bits per heavy atom. The zero-order valence-electron chi connectivity index (χ0n) is 16.0. The molecule has 1 unspecified atom stereocenters. The van der Waals surface area contributed by atoms with Gasteiger partial charge in [0.2, 0.25) is 0 Å². The zero-order valence-corrected chi connectivity index (χ0v) is 16.0. The summed E-state index contributed by atoms with van der Waals surface area (Å²) < 4.78 is 33.0. The SMILES string of the molecule is CC(C)(C)OC(=O)Nc1cncc(C(C(F)F)N2C(=O)c3ccccc3C2=O)c1. The molecule has 0 aliphatic carbocycles. The van der Waals surface area contributed by atoms with E-state index in [9.17, 15) is 23.2 Å². The van der Waals surface area contributed by atoms with Crippen LogP contribution in [0.2, 0.25) is 0 Å². The summed E-state index contributed by atoms with van der Waals surface area (Å²) in [4.78, 5) is 41.5. The topological polar surface area (TPSA) is 88.6 Å². The van der Waals surface area contributed by atoms with Gasteiger partial charge >= 0.3 is 6.09 Å². The number of carbonyl (C=O) groups excluding carboxylic acids is 3. The first kappa shape index (κ1) is 20.4. The van der Waals surface area contributed by atoms with E-state index in [0.717, 1.165) is 6.20 Å². The van der Waals surface area contributed by atoms with Gasteiger partial charge < -0.3 is 4.74 Å². The van der Waals surface area contributed by atoms with Gasteiger partial charge in [-0.2, -0.15) is 0 Å². The molecule has 2 aromatic rings. The van der Waals surface area contributed by atoms with Gasteiger partial charge in [0.1, 0.15) is 11.6 Å². The number of benzene rings is 1. The van der Waals surface area contributed by atoms with Crippen molar-refractivity contribution in [2.45, 2.75) is 38.8 Å². The first-order valence-electron chi connectivity index (χ1n) is 8.78. The van der Waals surface area contributed by atoms with Crippen LogP contribution in [0.5, 0.6) is 0 Å². The van der Waals surface area contributed by atoms with E-state index in [4.69, 9.17) is 4.74 Å². The van der Waals surface area contributed by atoms with Crippen LogP contribution in [0.4, 0.5) is 19.3 Å². The quantitative estimate of drug-likeness (QED) is 0.779. The number of nitrogens with one attached hydrogen (secondary N) is 1. The van der Waals surface area contributed by atoms with Gasteiger partial charge in [0, 0.05) is 11.8 Å². The molecular formula is C20H19F2N3O4. The lowest BCUT2D eigenvalue weighted by Gasteiger charge is -2.26. The van der Waals surface area contributed by atoms with E-state index < -0.39 is 36.0 Å². The van der Waals surface area contributed by atoms with Crippen molar-refractivity contribution in [3.8, 4) is 0 Å². The molecule has 0 fully saturated rings. The molecule has 3 rings (SSSR count). The van der Waals surface area contributed by atoms with Crippen molar-refractivity contribution in [1.82, 2.24) is 9.88 Å². The third-order valence-corrected chi connectivity index (χ3v) is 4.09. The molecule has 0 bridgehead atoms. The van der Waals surface area contributed by atoms with E-state index in [2.05, 4.69) is 10.3 Å². The average molecular weight is 403 g/mol. The normalized spacial score (nSPS) is 14.8. The highest BCUT2D eigenvalue weighted by atomic mass is 19.3. The molecule has 2 heterocycles. The van der Waals surface area contributed by atoms with E-state index >= 15 is 0 Å². The van der Waals surface area contributed by atoms with Gasteiger partial charge in [-0.3, -0.25) is 24.8 Å². The second-order valence-corrected chi connectivity index (χ2v) is 7.44. The molecule has 1 aliphatic rings. The summed E-state index contributed by atoms with van der Waals surface area (Å²) in [6.45, 7) is 5.03. The molecule has 0 radical (unpaired) electrons. The summed E-state index contributed by atoms with van der Waals surface area (Å²) in [5.74, 6) is -1.61. The van der Waals surface area contributed by atoms with Gasteiger partial charge in [0.05, 0.1) is 23.0 Å². The van der Waals surface area contributed by atoms with E-state index in [-0.39, 0.29) is 22.4 Å². The Hall–Kier alpha value is -3.36. The average Bonchev–Trinajstić information content (AvgIpc) is 2.86. The van der Waals surface area contributed by atoms with Crippen LogP contribution in [0.3, 0.4) is 0 Å². The van der Waals surface area contributed by atoms with Crippen LogP contribution in [0, 0.1) is 0 Å². The second-order valence-electron chi connectivity index (χ2n) is 7.44. The Bertz CT molecular complexity index is 937. The van der Waals surface area contributed by atoms with Crippen molar-refractivity contribution < 1.29 is 27.9 Å².